The lowest BCUT2D eigenvalue weighted by Gasteiger charge is -2.36. The van der Waals surface area contributed by atoms with Crippen molar-refractivity contribution in [1.29, 1.82) is 0 Å². The maximum atomic E-state index is 13.8. The van der Waals surface area contributed by atoms with Crippen LogP contribution >= 0.6 is 11.6 Å². The van der Waals surface area contributed by atoms with Crippen molar-refractivity contribution in [2.75, 3.05) is 6.61 Å². The van der Waals surface area contributed by atoms with Crippen LogP contribution in [0.5, 0.6) is 5.88 Å². The summed E-state index contributed by atoms with van der Waals surface area (Å²) < 4.78 is 5.93. The van der Waals surface area contributed by atoms with Crippen LogP contribution in [0.3, 0.4) is 0 Å². The number of amides is 1. The molecule has 0 radical (unpaired) electrons. The number of aryl methyl sites for hydroxylation is 1. The first-order valence-corrected chi connectivity index (χ1v) is 10.9. The van der Waals surface area contributed by atoms with Crippen LogP contribution in [-0.4, -0.2) is 44.4 Å². The molecule has 2 aromatic heterocycles. The summed E-state index contributed by atoms with van der Waals surface area (Å²) in [6.45, 7) is 2.40. The number of fused-ring (bicyclic) bond motifs is 1. The number of aromatic nitrogens is 3. The molecule has 5 rings (SSSR count). The molecule has 31 heavy (non-hydrogen) atoms. The first-order valence-electron chi connectivity index (χ1n) is 10.5. The fraction of sp³-hybridized carbons (Fsp3) is 0.333. The van der Waals surface area contributed by atoms with Crippen molar-refractivity contribution in [3.05, 3.63) is 71.1 Å². The van der Waals surface area contributed by atoms with E-state index < -0.39 is 0 Å². The molecule has 158 valence electrons. The SMILES string of the molecule is Cc1ccc(-c2ncccn2)c(C(=O)N2[C@H](COc3ccc(Cl)cn3)CC[C@H]3C[C@H]32)c1. The lowest BCUT2D eigenvalue weighted by atomic mass is 9.98. The summed E-state index contributed by atoms with van der Waals surface area (Å²) in [5.41, 5.74) is 2.44. The van der Waals surface area contributed by atoms with Crippen molar-refractivity contribution in [3.8, 4) is 17.3 Å². The smallest absolute Gasteiger partial charge is 0.255 e. The number of benzene rings is 1. The van der Waals surface area contributed by atoms with E-state index in [0.29, 0.717) is 34.8 Å². The van der Waals surface area contributed by atoms with E-state index in [0.717, 1.165) is 30.4 Å². The van der Waals surface area contributed by atoms with E-state index in [4.69, 9.17) is 16.3 Å². The molecule has 3 heterocycles. The Labute approximate surface area is 186 Å². The molecule has 1 amide bonds. The molecule has 1 saturated heterocycles. The molecule has 0 unspecified atom stereocenters. The lowest BCUT2D eigenvalue weighted by molar-refractivity contribution is 0.0495. The van der Waals surface area contributed by atoms with E-state index in [-0.39, 0.29) is 18.0 Å². The number of rotatable bonds is 5. The van der Waals surface area contributed by atoms with E-state index in [1.165, 1.54) is 0 Å². The van der Waals surface area contributed by atoms with Gasteiger partial charge in [-0.15, -0.1) is 0 Å². The molecule has 0 bridgehead atoms. The number of likely N-dealkylation sites (tertiary alicyclic amines) is 1. The van der Waals surface area contributed by atoms with Gasteiger partial charge in [-0.1, -0.05) is 29.3 Å². The number of halogens is 1. The first kappa shape index (κ1) is 19.9. The van der Waals surface area contributed by atoms with Gasteiger partial charge in [0.25, 0.3) is 5.91 Å². The molecule has 6 nitrogen and oxygen atoms in total. The van der Waals surface area contributed by atoms with Gasteiger partial charge in [0.15, 0.2) is 5.82 Å². The summed E-state index contributed by atoms with van der Waals surface area (Å²) in [6, 6.07) is 11.4. The van der Waals surface area contributed by atoms with Gasteiger partial charge in [0, 0.05) is 36.3 Å². The Hall–Kier alpha value is -2.99. The zero-order valence-corrected chi connectivity index (χ0v) is 18.0. The molecule has 1 saturated carbocycles. The molecule has 0 spiro atoms. The summed E-state index contributed by atoms with van der Waals surface area (Å²) in [5, 5.41) is 0.567. The van der Waals surface area contributed by atoms with Gasteiger partial charge in [0.1, 0.15) is 6.61 Å². The summed E-state index contributed by atoms with van der Waals surface area (Å²) >= 11 is 5.91. The number of nitrogens with zero attached hydrogens (tertiary/aromatic N) is 4. The second-order valence-corrected chi connectivity index (χ2v) is 8.69. The highest BCUT2D eigenvalue weighted by Gasteiger charge is 2.50. The van der Waals surface area contributed by atoms with E-state index in [2.05, 4.69) is 15.0 Å². The average molecular weight is 435 g/mol. The minimum Gasteiger partial charge on any atom is -0.475 e. The molecule has 3 aromatic rings. The van der Waals surface area contributed by atoms with Gasteiger partial charge in [0.2, 0.25) is 5.88 Å². The highest BCUT2D eigenvalue weighted by Crippen LogP contribution is 2.46. The van der Waals surface area contributed by atoms with E-state index in [9.17, 15) is 4.79 Å². The average Bonchev–Trinajstić information content (AvgIpc) is 3.58. The topological polar surface area (TPSA) is 68.2 Å². The van der Waals surface area contributed by atoms with Crippen molar-refractivity contribution < 1.29 is 9.53 Å². The third-order valence-corrected chi connectivity index (χ3v) is 6.30. The number of ether oxygens (including phenoxy) is 1. The third-order valence-electron chi connectivity index (χ3n) is 6.08. The number of pyridine rings is 1. The summed E-state index contributed by atoms with van der Waals surface area (Å²) in [7, 11) is 0. The van der Waals surface area contributed by atoms with Crippen LogP contribution in [0.1, 0.15) is 35.2 Å². The largest absolute Gasteiger partial charge is 0.475 e. The van der Waals surface area contributed by atoms with Gasteiger partial charge in [-0.05, 0) is 50.3 Å². The van der Waals surface area contributed by atoms with Gasteiger partial charge >= 0.3 is 0 Å². The first-order chi connectivity index (χ1) is 15.1. The molecule has 1 aliphatic carbocycles. The van der Waals surface area contributed by atoms with E-state index in [1.807, 2.05) is 30.0 Å². The Morgan fingerprint density at radius 3 is 2.77 bits per heavy atom. The Bertz CT molecular complexity index is 1090. The zero-order chi connectivity index (χ0) is 21.4. The monoisotopic (exact) mass is 434 g/mol. The maximum Gasteiger partial charge on any atom is 0.255 e. The second-order valence-electron chi connectivity index (χ2n) is 8.25. The minimum absolute atomic E-state index is 0.00113. The van der Waals surface area contributed by atoms with Gasteiger partial charge in [-0.25, -0.2) is 15.0 Å². The number of carbonyl (C=O) groups excluding carboxylic acids is 1. The fourth-order valence-electron chi connectivity index (χ4n) is 4.42. The predicted molar refractivity (Wildman–Crippen MR) is 118 cm³/mol. The van der Waals surface area contributed by atoms with Crippen LogP contribution in [0, 0.1) is 12.8 Å². The fourth-order valence-corrected chi connectivity index (χ4v) is 4.53. The number of carbonyl (C=O) groups is 1. The molecule has 3 atom stereocenters. The van der Waals surface area contributed by atoms with Gasteiger partial charge in [-0.2, -0.15) is 0 Å². The molecule has 1 aromatic carbocycles. The van der Waals surface area contributed by atoms with Crippen LogP contribution < -0.4 is 4.74 Å². The Morgan fingerprint density at radius 1 is 1.16 bits per heavy atom. The van der Waals surface area contributed by atoms with Crippen molar-refractivity contribution in [2.45, 2.75) is 38.3 Å². The molecule has 2 aliphatic rings. The second kappa shape index (κ2) is 8.27. The Morgan fingerprint density at radius 2 is 2.00 bits per heavy atom. The van der Waals surface area contributed by atoms with Gasteiger partial charge < -0.3 is 9.64 Å². The van der Waals surface area contributed by atoms with Gasteiger partial charge in [0.05, 0.1) is 16.6 Å². The highest BCUT2D eigenvalue weighted by molar-refractivity contribution is 6.30. The maximum absolute atomic E-state index is 13.8. The van der Waals surface area contributed by atoms with E-state index in [1.54, 1.807) is 36.8 Å². The lowest BCUT2D eigenvalue weighted by Crippen LogP contribution is -2.48. The minimum atomic E-state index is -0.00113. The summed E-state index contributed by atoms with van der Waals surface area (Å²) in [4.78, 5) is 28.8. The molecule has 0 N–H and O–H groups in total. The Balaban J connectivity index is 1.43. The molecule has 1 aliphatic heterocycles. The molecular formula is C24H23ClN4O2. The van der Waals surface area contributed by atoms with Crippen molar-refractivity contribution in [1.82, 2.24) is 19.9 Å². The van der Waals surface area contributed by atoms with Crippen LogP contribution in [0.15, 0.2) is 55.0 Å². The highest BCUT2D eigenvalue weighted by atomic mass is 35.5. The predicted octanol–water partition coefficient (Wildman–Crippen LogP) is 4.57. The molecule has 2 fully saturated rings. The van der Waals surface area contributed by atoms with Crippen LogP contribution in [0.2, 0.25) is 5.02 Å². The zero-order valence-electron chi connectivity index (χ0n) is 17.2. The quantitative estimate of drug-likeness (QED) is 0.588. The number of hydrogen-bond donors (Lipinski definition) is 0. The van der Waals surface area contributed by atoms with Crippen molar-refractivity contribution >= 4 is 17.5 Å². The van der Waals surface area contributed by atoms with Crippen LogP contribution in [-0.2, 0) is 0 Å². The van der Waals surface area contributed by atoms with Crippen molar-refractivity contribution in [3.63, 3.8) is 0 Å². The van der Waals surface area contributed by atoms with E-state index >= 15 is 0 Å². The van der Waals surface area contributed by atoms with Crippen molar-refractivity contribution in [2.24, 2.45) is 5.92 Å². The number of hydrogen-bond acceptors (Lipinski definition) is 5. The van der Waals surface area contributed by atoms with Gasteiger partial charge in [-0.3, -0.25) is 4.79 Å². The summed E-state index contributed by atoms with van der Waals surface area (Å²) in [6.07, 6.45) is 8.07. The molecular weight excluding hydrogens is 412 g/mol. The third kappa shape index (κ3) is 4.12. The number of piperidine rings is 1. The van der Waals surface area contributed by atoms with Crippen LogP contribution in [0.4, 0.5) is 0 Å². The standard InChI is InChI=1S/C24H23ClN4O2/c1-15-3-7-19(23-26-9-2-10-27-23)20(11-15)24(30)29-18(6-4-16-12-21(16)29)14-31-22-8-5-17(25)13-28-22/h2-3,5,7-11,13,16,18,21H,4,6,12,14H2,1H3/t16-,18-,21+/m0/s1. The normalized spacial score (nSPS) is 22.0. The summed E-state index contributed by atoms with van der Waals surface area (Å²) in [5.74, 6) is 1.70. The Kier molecular flexibility index (Phi) is 5.32. The molecule has 7 heteroatoms. The van der Waals surface area contributed by atoms with Crippen LogP contribution in [0.25, 0.3) is 11.4 Å².